The first-order valence-electron chi connectivity index (χ1n) is 11.2. The molecule has 5 rings (SSSR count). The Kier molecular flexibility index (Phi) is 6.33. The lowest BCUT2D eigenvalue weighted by Gasteiger charge is -2.35. The number of urea groups is 1. The number of rotatable bonds is 7. The predicted octanol–water partition coefficient (Wildman–Crippen LogP) is 6.03. The molecule has 4 aromatic rings. The highest BCUT2D eigenvalue weighted by molar-refractivity contribution is 7.09. The summed E-state index contributed by atoms with van der Waals surface area (Å²) in [7, 11) is 0. The summed E-state index contributed by atoms with van der Waals surface area (Å²) in [6, 6.07) is 16.7. The molecule has 0 fully saturated rings. The first-order valence-corrected chi connectivity index (χ1v) is 12.1. The Bertz CT molecular complexity index is 1350. The molecule has 0 saturated heterocycles. The number of aromatic nitrogens is 2. The normalized spacial score (nSPS) is 15.9. The van der Waals surface area contributed by atoms with Gasteiger partial charge in [-0.3, -0.25) is 4.90 Å². The lowest BCUT2D eigenvalue weighted by Crippen LogP contribution is -2.45. The van der Waals surface area contributed by atoms with Gasteiger partial charge in [-0.25, -0.2) is 9.18 Å². The number of thiophene rings is 1. The van der Waals surface area contributed by atoms with Crippen LogP contribution in [0.5, 0.6) is 5.75 Å². The van der Waals surface area contributed by atoms with Gasteiger partial charge < -0.3 is 14.6 Å². The van der Waals surface area contributed by atoms with Crippen molar-refractivity contribution in [1.82, 2.24) is 20.4 Å². The zero-order valence-corrected chi connectivity index (χ0v) is 20.0. The van der Waals surface area contributed by atoms with E-state index in [2.05, 4.69) is 15.5 Å². The first kappa shape index (κ1) is 22.8. The van der Waals surface area contributed by atoms with Gasteiger partial charge in [-0.1, -0.05) is 23.4 Å². The molecule has 1 atom stereocenters. The van der Waals surface area contributed by atoms with Crippen LogP contribution in [0.25, 0.3) is 17.0 Å². The van der Waals surface area contributed by atoms with Crippen molar-refractivity contribution in [1.29, 1.82) is 0 Å². The number of nitrogens with zero attached hydrogens (tertiary/aromatic N) is 3. The molecule has 0 aliphatic carbocycles. The number of allylic oxidation sites excluding steroid dienone is 1. The Morgan fingerprint density at radius 1 is 1.14 bits per heavy atom. The molecule has 2 aromatic heterocycles. The van der Waals surface area contributed by atoms with Crippen LogP contribution in [0.15, 0.2) is 76.3 Å². The maximum Gasteiger partial charge on any atom is 0.322 e. The van der Waals surface area contributed by atoms with Crippen molar-refractivity contribution in [2.24, 2.45) is 0 Å². The smallest absolute Gasteiger partial charge is 0.322 e. The average Bonchev–Trinajstić information content (AvgIpc) is 3.55. The fourth-order valence-corrected chi connectivity index (χ4v) is 4.72. The Morgan fingerprint density at radius 2 is 1.91 bits per heavy atom. The summed E-state index contributed by atoms with van der Waals surface area (Å²) in [5.41, 5.74) is 2.91. The van der Waals surface area contributed by atoms with Crippen LogP contribution in [0, 0.1) is 5.82 Å². The first-order chi connectivity index (χ1) is 17.0. The number of hydrogen-bond acceptors (Lipinski definition) is 6. The highest BCUT2D eigenvalue weighted by atomic mass is 32.1. The molecule has 3 heterocycles. The fourth-order valence-electron chi connectivity index (χ4n) is 4.03. The molecule has 1 aliphatic rings. The van der Waals surface area contributed by atoms with Crippen molar-refractivity contribution in [2.75, 3.05) is 6.61 Å². The van der Waals surface area contributed by atoms with Crippen LogP contribution in [0.2, 0.25) is 0 Å². The second-order valence-electron chi connectivity index (χ2n) is 7.98. The summed E-state index contributed by atoms with van der Waals surface area (Å²) in [5.74, 6) is 1.03. The van der Waals surface area contributed by atoms with Crippen LogP contribution in [0.3, 0.4) is 0 Å². The largest absolute Gasteiger partial charge is 0.494 e. The number of nitrogens with one attached hydrogen (secondary N) is 1. The van der Waals surface area contributed by atoms with Crippen LogP contribution in [0.1, 0.15) is 36.2 Å². The van der Waals surface area contributed by atoms with Crippen molar-refractivity contribution in [3.63, 3.8) is 0 Å². The van der Waals surface area contributed by atoms with E-state index >= 15 is 0 Å². The third-order valence-electron chi connectivity index (χ3n) is 5.77. The molecule has 1 unspecified atom stereocenters. The third-order valence-corrected chi connectivity index (χ3v) is 6.63. The van der Waals surface area contributed by atoms with Gasteiger partial charge in [0.2, 0.25) is 5.82 Å². The molecular weight excluding hydrogens is 467 g/mol. The van der Waals surface area contributed by atoms with E-state index in [-0.39, 0.29) is 17.7 Å². The monoisotopic (exact) mass is 490 g/mol. The van der Waals surface area contributed by atoms with Crippen LogP contribution in [-0.4, -0.2) is 27.7 Å². The number of carbonyl (C=O) groups is 1. The van der Waals surface area contributed by atoms with E-state index in [0.29, 0.717) is 30.1 Å². The lowest BCUT2D eigenvalue weighted by molar-refractivity contribution is 0.203. The molecule has 0 radical (unpaired) electrons. The standard InChI is InChI=1S/C26H23FN4O3S/c1-3-33-20-12-8-17(9-13-20)23-22(16(2)31(26(32)28-23)15-21-5-4-14-35-21)25-29-24(30-34-25)18-6-10-19(27)11-7-18/h4-14,23H,3,15H2,1-2H3,(H,28,32). The van der Waals surface area contributed by atoms with Gasteiger partial charge in [-0.15, -0.1) is 11.3 Å². The van der Waals surface area contributed by atoms with E-state index in [1.165, 1.54) is 12.1 Å². The third kappa shape index (κ3) is 4.67. The van der Waals surface area contributed by atoms with Crippen LogP contribution in [0.4, 0.5) is 9.18 Å². The van der Waals surface area contributed by atoms with Gasteiger partial charge in [-0.2, -0.15) is 4.98 Å². The van der Waals surface area contributed by atoms with Crippen molar-refractivity contribution in [3.05, 3.63) is 93.9 Å². The maximum absolute atomic E-state index is 13.4. The minimum Gasteiger partial charge on any atom is -0.494 e. The minimum absolute atomic E-state index is 0.211. The molecule has 9 heteroatoms. The van der Waals surface area contributed by atoms with Crippen molar-refractivity contribution < 1.29 is 18.4 Å². The van der Waals surface area contributed by atoms with E-state index < -0.39 is 6.04 Å². The fraction of sp³-hybridized carbons (Fsp3) is 0.192. The highest BCUT2D eigenvalue weighted by Gasteiger charge is 2.36. The van der Waals surface area contributed by atoms with Crippen molar-refractivity contribution in [3.8, 4) is 17.1 Å². The van der Waals surface area contributed by atoms with Gasteiger partial charge in [0, 0.05) is 16.1 Å². The maximum atomic E-state index is 13.4. The number of amides is 2. The van der Waals surface area contributed by atoms with E-state index in [1.807, 2.05) is 55.6 Å². The quantitative estimate of drug-likeness (QED) is 0.342. The predicted molar refractivity (Wildman–Crippen MR) is 131 cm³/mol. The average molecular weight is 491 g/mol. The Balaban J connectivity index is 1.57. The summed E-state index contributed by atoms with van der Waals surface area (Å²) in [6.07, 6.45) is 0. The van der Waals surface area contributed by atoms with Gasteiger partial charge in [-0.05, 0) is 67.3 Å². The number of carbonyl (C=O) groups excluding carboxylic acids is 1. The van der Waals surface area contributed by atoms with E-state index in [9.17, 15) is 9.18 Å². The number of hydrogen-bond donors (Lipinski definition) is 1. The van der Waals surface area contributed by atoms with E-state index in [0.717, 1.165) is 21.9 Å². The zero-order valence-electron chi connectivity index (χ0n) is 19.2. The molecule has 0 saturated carbocycles. The van der Waals surface area contributed by atoms with Gasteiger partial charge >= 0.3 is 6.03 Å². The summed E-state index contributed by atoms with van der Waals surface area (Å²) < 4.78 is 24.6. The molecule has 0 bridgehead atoms. The SMILES string of the molecule is CCOc1ccc(C2NC(=O)N(Cc3cccs3)C(C)=C2c2nc(-c3ccc(F)cc3)no2)cc1. The summed E-state index contributed by atoms with van der Waals surface area (Å²) in [6.45, 7) is 4.80. The number of ether oxygens (including phenoxy) is 1. The Morgan fingerprint density at radius 3 is 2.60 bits per heavy atom. The molecule has 2 aromatic carbocycles. The van der Waals surface area contributed by atoms with Crippen LogP contribution in [-0.2, 0) is 6.54 Å². The van der Waals surface area contributed by atoms with E-state index in [1.54, 1.807) is 28.4 Å². The molecule has 1 aliphatic heterocycles. The Hall–Kier alpha value is -3.98. The molecule has 178 valence electrons. The van der Waals surface area contributed by atoms with E-state index in [4.69, 9.17) is 9.26 Å². The van der Waals surface area contributed by atoms with Gasteiger partial charge in [0.15, 0.2) is 0 Å². The molecule has 1 N–H and O–H groups in total. The summed E-state index contributed by atoms with van der Waals surface area (Å²) >= 11 is 1.58. The molecular formula is C26H23FN4O3S. The molecule has 35 heavy (non-hydrogen) atoms. The second-order valence-corrected chi connectivity index (χ2v) is 9.01. The van der Waals surface area contributed by atoms with Crippen molar-refractivity contribution in [2.45, 2.75) is 26.4 Å². The molecule has 0 spiro atoms. The topological polar surface area (TPSA) is 80.5 Å². The zero-order chi connectivity index (χ0) is 24.4. The minimum atomic E-state index is -0.501. The van der Waals surface area contributed by atoms with Crippen LogP contribution >= 0.6 is 11.3 Å². The number of benzene rings is 2. The second kappa shape index (κ2) is 9.71. The Labute approximate surface area is 205 Å². The van der Waals surface area contributed by atoms with Crippen LogP contribution < -0.4 is 10.1 Å². The summed E-state index contributed by atoms with van der Waals surface area (Å²) in [5, 5.41) is 9.20. The molecule has 7 nitrogen and oxygen atoms in total. The number of halogens is 1. The van der Waals surface area contributed by atoms with Crippen molar-refractivity contribution >= 4 is 22.9 Å². The lowest BCUT2D eigenvalue weighted by atomic mass is 9.94. The highest BCUT2D eigenvalue weighted by Crippen LogP contribution is 2.38. The van der Waals surface area contributed by atoms with Gasteiger partial charge in [0.05, 0.1) is 24.8 Å². The van der Waals surface area contributed by atoms with Gasteiger partial charge in [0.1, 0.15) is 11.6 Å². The van der Waals surface area contributed by atoms with Gasteiger partial charge in [0.25, 0.3) is 5.89 Å². The summed E-state index contributed by atoms with van der Waals surface area (Å²) in [4.78, 5) is 20.5. The molecule has 2 amide bonds.